The average molecular weight is 314 g/mol. The van der Waals surface area contributed by atoms with Gasteiger partial charge in [0.25, 0.3) is 5.69 Å². The van der Waals surface area contributed by atoms with Crippen LogP contribution in [0.5, 0.6) is 0 Å². The molecule has 1 aromatic rings. The molecule has 0 bridgehead atoms. The second-order valence-electron chi connectivity index (χ2n) is 5.15. The molecule has 0 amide bonds. The summed E-state index contributed by atoms with van der Waals surface area (Å²) in [5, 5.41) is 51.8. The van der Waals surface area contributed by atoms with Crippen molar-refractivity contribution in [3.8, 4) is 0 Å². The molecule has 1 saturated heterocycles. The Bertz CT molecular complexity index is 553. The minimum absolute atomic E-state index is 0.131. The van der Waals surface area contributed by atoms with Crippen LogP contribution in [0.15, 0.2) is 18.2 Å². The highest BCUT2D eigenvalue weighted by atomic mass is 16.6. The van der Waals surface area contributed by atoms with Crippen molar-refractivity contribution in [1.82, 2.24) is 0 Å². The number of aryl methyl sites for hydroxylation is 1. The van der Waals surface area contributed by atoms with Crippen LogP contribution in [0.25, 0.3) is 0 Å². The molecule has 1 heterocycles. The van der Waals surface area contributed by atoms with E-state index < -0.39 is 42.2 Å². The van der Waals surface area contributed by atoms with Crippen molar-refractivity contribution >= 4 is 11.4 Å². The van der Waals surface area contributed by atoms with Gasteiger partial charge in [0.2, 0.25) is 0 Å². The Balaban J connectivity index is 2.17. The van der Waals surface area contributed by atoms with Crippen LogP contribution in [-0.2, 0) is 4.74 Å². The molecule has 1 aromatic carbocycles. The SMILES string of the molecule is Cc1ccc([N+](=O)[O-])cc1N[C@@H]1O[C@H]([C@H](O)CO)[C@@H](O)[C@H]1O. The summed E-state index contributed by atoms with van der Waals surface area (Å²) in [5.41, 5.74) is 0.916. The summed E-state index contributed by atoms with van der Waals surface area (Å²) in [6.45, 7) is 1.08. The van der Waals surface area contributed by atoms with Crippen LogP contribution in [0.3, 0.4) is 0 Å². The number of aliphatic hydroxyl groups is 4. The monoisotopic (exact) mass is 314 g/mol. The smallest absolute Gasteiger partial charge is 0.271 e. The summed E-state index contributed by atoms with van der Waals surface area (Å²) < 4.78 is 5.31. The van der Waals surface area contributed by atoms with Crippen LogP contribution < -0.4 is 5.32 Å². The molecule has 2 rings (SSSR count). The topological polar surface area (TPSA) is 145 Å². The lowest BCUT2D eigenvalue weighted by Gasteiger charge is -2.20. The molecule has 22 heavy (non-hydrogen) atoms. The summed E-state index contributed by atoms with van der Waals surface area (Å²) in [5.74, 6) is 0. The number of rotatable bonds is 5. The standard InChI is InChI=1S/C13H18N2O7/c1-6-2-3-7(15(20)21)4-8(6)14-13-11(19)10(18)12(22-13)9(17)5-16/h2-4,9-14,16-19H,5H2,1H3/t9-,10+,11-,12-,13-/m1/s1. The van der Waals surface area contributed by atoms with Crippen LogP contribution in [0, 0.1) is 17.0 Å². The van der Waals surface area contributed by atoms with Crippen LogP contribution >= 0.6 is 0 Å². The molecule has 5 atom stereocenters. The zero-order valence-electron chi connectivity index (χ0n) is 11.8. The molecular formula is C13H18N2O7. The van der Waals surface area contributed by atoms with Crippen LogP contribution in [-0.4, -0.2) is 62.6 Å². The van der Waals surface area contributed by atoms with Gasteiger partial charge in [0, 0.05) is 17.8 Å². The van der Waals surface area contributed by atoms with E-state index in [0.29, 0.717) is 11.3 Å². The van der Waals surface area contributed by atoms with Crippen molar-refractivity contribution in [1.29, 1.82) is 0 Å². The number of hydrogen-bond donors (Lipinski definition) is 5. The van der Waals surface area contributed by atoms with E-state index in [-0.39, 0.29) is 5.69 Å². The van der Waals surface area contributed by atoms with Gasteiger partial charge in [-0.25, -0.2) is 0 Å². The number of nitro benzene ring substituents is 1. The highest BCUT2D eigenvalue weighted by molar-refractivity contribution is 5.57. The van der Waals surface area contributed by atoms with Crippen LogP contribution in [0.2, 0.25) is 0 Å². The number of hydrogen-bond acceptors (Lipinski definition) is 8. The fourth-order valence-electron chi connectivity index (χ4n) is 2.28. The lowest BCUT2D eigenvalue weighted by Crippen LogP contribution is -2.40. The number of non-ortho nitro benzene ring substituents is 1. The minimum atomic E-state index is -1.39. The normalized spacial score (nSPS) is 29.3. The minimum Gasteiger partial charge on any atom is -0.394 e. The molecule has 122 valence electrons. The third-order valence-corrected chi connectivity index (χ3v) is 3.60. The van der Waals surface area contributed by atoms with Gasteiger partial charge in [0.05, 0.1) is 11.5 Å². The van der Waals surface area contributed by atoms with Crippen molar-refractivity contribution in [2.24, 2.45) is 0 Å². The van der Waals surface area contributed by atoms with Gasteiger partial charge in [0.15, 0.2) is 6.23 Å². The first-order valence-corrected chi connectivity index (χ1v) is 6.67. The second kappa shape index (κ2) is 6.55. The van der Waals surface area contributed by atoms with Gasteiger partial charge in [-0.1, -0.05) is 6.07 Å². The van der Waals surface area contributed by atoms with Gasteiger partial charge >= 0.3 is 0 Å². The number of nitrogens with zero attached hydrogens (tertiary/aromatic N) is 1. The Morgan fingerprint density at radius 2 is 2.09 bits per heavy atom. The van der Waals surface area contributed by atoms with Crippen molar-refractivity contribution in [2.45, 2.75) is 37.6 Å². The Morgan fingerprint density at radius 3 is 2.68 bits per heavy atom. The molecule has 0 aliphatic carbocycles. The first kappa shape index (κ1) is 16.6. The molecule has 5 N–H and O–H groups in total. The molecule has 0 unspecified atom stereocenters. The maximum absolute atomic E-state index is 10.8. The van der Waals surface area contributed by atoms with E-state index in [1.54, 1.807) is 6.92 Å². The van der Waals surface area contributed by atoms with E-state index in [2.05, 4.69) is 5.32 Å². The van der Waals surface area contributed by atoms with Crippen molar-refractivity contribution in [3.05, 3.63) is 33.9 Å². The number of nitrogens with one attached hydrogen (secondary N) is 1. The van der Waals surface area contributed by atoms with Crippen molar-refractivity contribution in [2.75, 3.05) is 11.9 Å². The Hall–Kier alpha value is -1.78. The van der Waals surface area contributed by atoms with E-state index in [1.165, 1.54) is 18.2 Å². The second-order valence-corrected chi connectivity index (χ2v) is 5.15. The van der Waals surface area contributed by atoms with Crippen molar-refractivity contribution in [3.63, 3.8) is 0 Å². The van der Waals surface area contributed by atoms with Crippen LogP contribution in [0.1, 0.15) is 5.56 Å². The lowest BCUT2D eigenvalue weighted by molar-refractivity contribution is -0.384. The molecular weight excluding hydrogens is 296 g/mol. The van der Waals surface area contributed by atoms with Gasteiger partial charge < -0.3 is 30.5 Å². The van der Waals surface area contributed by atoms with E-state index >= 15 is 0 Å². The maximum Gasteiger partial charge on any atom is 0.271 e. The number of ether oxygens (including phenoxy) is 1. The maximum atomic E-state index is 10.8. The van der Waals surface area contributed by atoms with Crippen molar-refractivity contribution < 1.29 is 30.1 Å². The molecule has 0 spiro atoms. The fraction of sp³-hybridized carbons (Fsp3) is 0.538. The zero-order chi connectivity index (χ0) is 16.4. The first-order valence-electron chi connectivity index (χ1n) is 6.67. The highest BCUT2D eigenvalue weighted by Crippen LogP contribution is 2.28. The average Bonchev–Trinajstić information content (AvgIpc) is 2.77. The van der Waals surface area contributed by atoms with Gasteiger partial charge in [0.1, 0.15) is 24.4 Å². The molecule has 0 saturated carbocycles. The van der Waals surface area contributed by atoms with E-state index in [1.807, 2.05) is 0 Å². The number of benzene rings is 1. The Labute approximate surface area is 125 Å². The predicted octanol–water partition coefficient (Wildman–Crippen LogP) is -0.885. The third kappa shape index (κ3) is 3.18. The van der Waals surface area contributed by atoms with E-state index in [4.69, 9.17) is 9.84 Å². The van der Waals surface area contributed by atoms with E-state index in [9.17, 15) is 25.4 Å². The molecule has 0 aromatic heterocycles. The number of nitro groups is 1. The third-order valence-electron chi connectivity index (χ3n) is 3.60. The molecule has 0 radical (unpaired) electrons. The van der Waals surface area contributed by atoms with Crippen LogP contribution in [0.4, 0.5) is 11.4 Å². The number of anilines is 1. The first-order chi connectivity index (χ1) is 10.3. The molecule has 9 nitrogen and oxygen atoms in total. The summed E-state index contributed by atoms with van der Waals surface area (Å²) in [6, 6.07) is 4.17. The van der Waals surface area contributed by atoms with Gasteiger partial charge in [-0.15, -0.1) is 0 Å². The molecule has 1 aliphatic rings. The summed E-state index contributed by atoms with van der Waals surface area (Å²) in [7, 11) is 0. The zero-order valence-corrected chi connectivity index (χ0v) is 11.8. The Morgan fingerprint density at radius 1 is 1.41 bits per heavy atom. The molecule has 9 heteroatoms. The summed E-state index contributed by atoms with van der Waals surface area (Å²) >= 11 is 0. The number of aliphatic hydroxyl groups excluding tert-OH is 4. The fourth-order valence-corrected chi connectivity index (χ4v) is 2.28. The molecule has 1 aliphatic heterocycles. The molecule has 1 fully saturated rings. The predicted molar refractivity (Wildman–Crippen MR) is 75.2 cm³/mol. The van der Waals surface area contributed by atoms with Gasteiger partial charge in [-0.3, -0.25) is 10.1 Å². The lowest BCUT2D eigenvalue weighted by atomic mass is 10.1. The van der Waals surface area contributed by atoms with Gasteiger partial charge in [-0.2, -0.15) is 0 Å². The summed E-state index contributed by atoms with van der Waals surface area (Å²) in [4.78, 5) is 10.2. The van der Waals surface area contributed by atoms with Gasteiger partial charge in [-0.05, 0) is 12.5 Å². The summed E-state index contributed by atoms with van der Waals surface area (Å²) in [6.07, 6.45) is -6.32. The Kier molecular flexibility index (Phi) is 4.94. The quantitative estimate of drug-likeness (QED) is 0.348. The van der Waals surface area contributed by atoms with E-state index in [0.717, 1.165) is 0 Å². The largest absolute Gasteiger partial charge is 0.394 e. The highest BCUT2D eigenvalue weighted by Gasteiger charge is 2.45.